The van der Waals surface area contributed by atoms with Crippen LogP contribution in [0.1, 0.15) is 79.1 Å². The van der Waals surface area contributed by atoms with Crippen LogP contribution in [0.5, 0.6) is 0 Å². The lowest BCUT2D eigenvalue weighted by Crippen LogP contribution is -2.54. The van der Waals surface area contributed by atoms with E-state index in [1.165, 1.54) is 39.0 Å². The summed E-state index contributed by atoms with van der Waals surface area (Å²) in [5.74, 6) is 2.79. The molecule has 0 saturated heterocycles. The zero-order valence-electron chi connectivity index (χ0n) is 20.1. The topological polar surface area (TPSA) is 69.5 Å². The molecule has 6 heteroatoms. The SMILES string of the molecule is CO/N=C1/C[C@@H]2[C@@H]3CC[C@H]4C[C@H](OC(C)=O)CC[C@]4(C)[C@H]3CC[C@]2(C)[C@@H]1/C(C)=N/OC. The molecule has 0 aromatic heterocycles. The van der Waals surface area contributed by atoms with Crippen molar-refractivity contribution >= 4 is 17.4 Å². The maximum Gasteiger partial charge on any atom is 0.302 e. The predicted octanol–water partition coefficient (Wildman–Crippen LogP) is 5.21. The van der Waals surface area contributed by atoms with E-state index >= 15 is 0 Å². The van der Waals surface area contributed by atoms with E-state index in [1.807, 2.05) is 0 Å². The highest BCUT2D eigenvalue weighted by Crippen LogP contribution is 2.67. The molecule has 6 nitrogen and oxygen atoms in total. The molecule has 4 fully saturated rings. The van der Waals surface area contributed by atoms with Gasteiger partial charge in [0.05, 0.1) is 11.4 Å². The van der Waals surface area contributed by atoms with Crippen LogP contribution in [0, 0.1) is 40.4 Å². The number of nitrogens with zero attached hydrogens (tertiary/aromatic N) is 2. The number of ether oxygens (including phenoxy) is 1. The minimum Gasteiger partial charge on any atom is -0.463 e. The Labute approximate surface area is 187 Å². The van der Waals surface area contributed by atoms with Gasteiger partial charge >= 0.3 is 5.97 Å². The van der Waals surface area contributed by atoms with Crippen molar-refractivity contribution in [3.63, 3.8) is 0 Å². The fourth-order valence-corrected chi connectivity index (χ4v) is 8.50. The van der Waals surface area contributed by atoms with Gasteiger partial charge in [-0.2, -0.15) is 0 Å². The van der Waals surface area contributed by atoms with Crippen LogP contribution in [0.4, 0.5) is 0 Å². The summed E-state index contributed by atoms with van der Waals surface area (Å²) in [5.41, 5.74) is 2.67. The van der Waals surface area contributed by atoms with E-state index in [4.69, 9.17) is 14.4 Å². The Kier molecular flexibility index (Phi) is 6.12. The average molecular weight is 433 g/mol. The van der Waals surface area contributed by atoms with E-state index in [0.717, 1.165) is 36.6 Å². The van der Waals surface area contributed by atoms with Gasteiger partial charge in [0.2, 0.25) is 0 Å². The van der Waals surface area contributed by atoms with Crippen LogP contribution in [0.15, 0.2) is 10.3 Å². The quantitative estimate of drug-likeness (QED) is 0.347. The highest BCUT2D eigenvalue weighted by Gasteiger charge is 2.62. The van der Waals surface area contributed by atoms with Crippen LogP contribution < -0.4 is 0 Å². The summed E-state index contributed by atoms with van der Waals surface area (Å²) in [6, 6.07) is 0. The monoisotopic (exact) mass is 432 g/mol. The van der Waals surface area contributed by atoms with E-state index in [-0.39, 0.29) is 23.4 Å². The molecule has 0 radical (unpaired) electrons. The van der Waals surface area contributed by atoms with Crippen LogP contribution in [-0.2, 0) is 19.2 Å². The van der Waals surface area contributed by atoms with Gasteiger partial charge in [-0.05, 0) is 92.8 Å². The zero-order valence-corrected chi connectivity index (χ0v) is 20.1. The van der Waals surface area contributed by atoms with Crippen molar-refractivity contribution in [1.82, 2.24) is 0 Å². The van der Waals surface area contributed by atoms with Crippen LogP contribution >= 0.6 is 0 Å². The van der Waals surface area contributed by atoms with Crippen molar-refractivity contribution in [1.29, 1.82) is 0 Å². The largest absolute Gasteiger partial charge is 0.463 e. The summed E-state index contributed by atoms with van der Waals surface area (Å²) < 4.78 is 5.62. The van der Waals surface area contributed by atoms with Gasteiger partial charge in [-0.1, -0.05) is 24.2 Å². The first-order chi connectivity index (χ1) is 14.7. The van der Waals surface area contributed by atoms with Gasteiger partial charge < -0.3 is 14.4 Å². The number of carbonyl (C=O) groups excluding carboxylic acids is 1. The molecule has 4 aliphatic rings. The van der Waals surface area contributed by atoms with E-state index < -0.39 is 0 Å². The van der Waals surface area contributed by atoms with Crippen molar-refractivity contribution in [3.05, 3.63) is 0 Å². The van der Waals surface area contributed by atoms with E-state index in [9.17, 15) is 4.79 Å². The minimum atomic E-state index is -0.134. The number of esters is 1. The van der Waals surface area contributed by atoms with Crippen molar-refractivity contribution in [3.8, 4) is 0 Å². The molecule has 4 aliphatic carbocycles. The minimum absolute atomic E-state index is 0.116. The maximum atomic E-state index is 11.5. The number of oxime groups is 2. The molecule has 0 aromatic carbocycles. The summed E-state index contributed by atoms with van der Waals surface area (Å²) in [6.07, 6.45) is 9.32. The molecule has 0 heterocycles. The summed E-state index contributed by atoms with van der Waals surface area (Å²) in [7, 11) is 3.27. The van der Waals surface area contributed by atoms with Gasteiger partial charge in [0.25, 0.3) is 0 Å². The van der Waals surface area contributed by atoms with Crippen LogP contribution in [0.2, 0.25) is 0 Å². The third kappa shape index (κ3) is 3.68. The van der Waals surface area contributed by atoms with Crippen molar-refractivity contribution in [2.45, 2.75) is 85.2 Å². The fourth-order valence-electron chi connectivity index (χ4n) is 8.50. The van der Waals surface area contributed by atoms with E-state index in [2.05, 4.69) is 31.1 Å². The standard InChI is InChI=1S/C25H40N2O4/c1-15(26-29-5)23-22(27-30-6)14-21-19-8-7-17-13-18(31-16(2)28)9-11-24(17,3)20(19)10-12-25(21,23)4/h17-21,23H,7-14H2,1-6H3/b26-15+,27-22-/t17-,18+,19+,20-,21+,23+,24-,25-/m0/s1. The third-order valence-corrected chi connectivity index (χ3v) is 9.67. The Morgan fingerprint density at radius 3 is 2.39 bits per heavy atom. The second-order valence-electron chi connectivity index (χ2n) is 11.0. The summed E-state index contributed by atoms with van der Waals surface area (Å²) in [4.78, 5) is 21.9. The molecule has 0 amide bonds. The van der Waals surface area contributed by atoms with E-state index in [1.54, 1.807) is 14.2 Å². The molecule has 0 N–H and O–H groups in total. The van der Waals surface area contributed by atoms with Crippen LogP contribution in [0.25, 0.3) is 0 Å². The Bertz CT molecular complexity index is 765. The molecule has 4 rings (SSSR count). The molecule has 174 valence electrons. The summed E-state index contributed by atoms with van der Waals surface area (Å²) in [5, 5.41) is 8.81. The van der Waals surface area contributed by atoms with Crippen molar-refractivity contribution in [2.24, 2.45) is 50.7 Å². The van der Waals surface area contributed by atoms with Crippen LogP contribution in [0.3, 0.4) is 0 Å². The van der Waals surface area contributed by atoms with E-state index in [0.29, 0.717) is 23.2 Å². The number of hydrogen-bond acceptors (Lipinski definition) is 6. The Morgan fingerprint density at radius 2 is 1.71 bits per heavy atom. The average Bonchev–Trinajstić information content (AvgIpc) is 3.00. The third-order valence-electron chi connectivity index (χ3n) is 9.67. The van der Waals surface area contributed by atoms with Gasteiger partial charge in [0.1, 0.15) is 20.3 Å². The lowest BCUT2D eigenvalue weighted by molar-refractivity contribution is -0.159. The van der Waals surface area contributed by atoms with Gasteiger partial charge in [0, 0.05) is 12.8 Å². The smallest absolute Gasteiger partial charge is 0.302 e. The molecule has 0 bridgehead atoms. The predicted molar refractivity (Wildman–Crippen MR) is 121 cm³/mol. The Balaban J connectivity index is 1.60. The molecule has 4 saturated carbocycles. The first-order valence-corrected chi connectivity index (χ1v) is 12.1. The summed E-state index contributed by atoms with van der Waals surface area (Å²) >= 11 is 0. The van der Waals surface area contributed by atoms with Gasteiger partial charge in [-0.25, -0.2) is 0 Å². The normalized spacial score (nSPS) is 46.0. The second-order valence-corrected chi connectivity index (χ2v) is 11.0. The summed E-state index contributed by atoms with van der Waals surface area (Å²) in [6.45, 7) is 8.61. The Morgan fingerprint density at radius 1 is 0.968 bits per heavy atom. The Hall–Kier alpha value is -1.59. The first kappa shape index (κ1) is 22.6. The number of hydrogen-bond donors (Lipinski definition) is 0. The molecule has 0 spiro atoms. The molecule has 0 aromatic rings. The van der Waals surface area contributed by atoms with Gasteiger partial charge in [-0.15, -0.1) is 0 Å². The molecule has 0 unspecified atom stereocenters. The highest BCUT2D eigenvalue weighted by atomic mass is 16.6. The van der Waals surface area contributed by atoms with Crippen molar-refractivity contribution < 1.29 is 19.2 Å². The second kappa shape index (κ2) is 8.40. The number of fused-ring (bicyclic) bond motifs is 5. The zero-order chi connectivity index (χ0) is 22.4. The van der Waals surface area contributed by atoms with Crippen LogP contribution in [-0.4, -0.2) is 37.7 Å². The molecule has 31 heavy (non-hydrogen) atoms. The fraction of sp³-hybridized carbons (Fsp3) is 0.880. The molecular weight excluding hydrogens is 392 g/mol. The maximum absolute atomic E-state index is 11.5. The molecular formula is C25H40N2O4. The number of carbonyl (C=O) groups is 1. The first-order valence-electron chi connectivity index (χ1n) is 12.1. The van der Waals surface area contributed by atoms with Gasteiger partial charge in [0.15, 0.2) is 0 Å². The van der Waals surface area contributed by atoms with Crippen molar-refractivity contribution in [2.75, 3.05) is 14.2 Å². The molecule has 0 aliphatic heterocycles. The number of rotatable bonds is 4. The van der Waals surface area contributed by atoms with Gasteiger partial charge in [-0.3, -0.25) is 4.79 Å². The molecule has 8 atom stereocenters. The lowest BCUT2D eigenvalue weighted by Gasteiger charge is -2.60. The lowest BCUT2D eigenvalue weighted by atomic mass is 9.44. The highest BCUT2D eigenvalue weighted by molar-refractivity contribution is 6.08.